The van der Waals surface area contributed by atoms with E-state index < -0.39 is 0 Å². The standard InChI is InChI=1S/C12H26N2.2C2H6/c1-10(2)7-11(3)8-13-12(4)9-14(5)6;2*1-2/h10-11,13H,4,7-9H2,1-3,5-6H3;2*1-2H3. The normalized spacial score (nSPS) is 11.1. The third kappa shape index (κ3) is 20.9. The number of nitrogens with zero attached hydrogens (tertiary/aromatic N) is 1. The Morgan fingerprint density at radius 1 is 1.06 bits per heavy atom. The van der Waals surface area contributed by atoms with E-state index >= 15 is 0 Å². The fourth-order valence-corrected chi connectivity index (χ4v) is 1.64. The van der Waals surface area contributed by atoms with Crippen molar-refractivity contribution in [1.82, 2.24) is 10.2 Å². The maximum absolute atomic E-state index is 3.99. The smallest absolute Gasteiger partial charge is 0.0369 e. The lowest BCUT2D eigenvalue weighted by Gasteiger charge is -2.18. The second kappa shape index (κ2) is 16.5. The summed E-state index contributed by atoms with van der Waals surface area (Å²) in [7, 11) is 4.12. The summed E-state index contributed by atoms with van der Waals surface area (Å²) in [5, 5.41) is 3.38. The van der Waals surface area contributed by atoms with Crippen molar-refractivity contribution in [3.8, 4) is 0 Å². The molecule has 112 valence electrons. The lowest BCUT2D eigenvalue weighted by atomic mass is 9.99. The van der Waals surface area contributed by atoms with Crippen LogP contribution in [0.15, 0.2) is 12.3 Å². The lowest BCUT2D eigenvalue weighted by Crippen LogP contribution is -2.27. The fourth-order valence-electron chi connectivity index (χ4n) is 1.64. The summed E-state index contributed by atoms with van der Waals surface area (Å²) >= 11 is 0. The Bertz CT molecular complexity index is 162. The largest absolute Gasteiger partial charge is 0.388 e. The molecule has 1 atom stereocenters. The molecule has 0 aliphatic heterocycles. The zero-order valence-corrected chi connectivity index (χ0v) is 14.4. The summed E-state index contributed by atoms with van der Waals surface area (Å²) in [5.74, 6) is 1.52. The molecule has 0 aromatic carbocycles. The van der Waals surface area contributed by atoms with Crippen LogP contribution < -0.4 is 5.32 Å². The minimum atomic E-state index is 0.730. The molecule has 0 amide bonds. The van der Waals surface area contributed by atoms with Gasteiger partial charge in [0.05, 0.1) is 0 Å². The van der Waals surface area contributed by atoms with Crippen LogP contribution in [-0.2, 0) is 0 Å². The van der Waals surface area contributed by atoms with Crippen LogP contribution in [0.25, 0.3) is 0 Å². The van der Waals surface area contributed by atoms with Crippen LogP contribution in [0, 0.1) is 11.8 Å². The van der Waals surface area contributed by atoms with Gasteiger partial charge in [-0.3, -0.25) is 0 Å². The Morgan fingerprint density at radius 3 is 1.83 bits per heavy atom. The minimum Gasteiger partial charge on any atom is -0.388 e. The monoisotopic (exact) mass is 258 g/mol. The number of nitrogens with one attached hydrogen (secondary N) is 1. The Morgan fingerprint density at radius 2 is 1.50 bits per heavy atom. The highest BCUT2D eigenvalue weighted by Gasteiger charge is 2.05. The summed E-state index contributed by atoms with van der Waals surface area (Å²) in [6, 6.07) is 0. The van der Waals surface area contributed by atoms with Gasteiger partial charge in [-0.1, -0.05) is 55.0 Å². The van der Waals surface area contributed by atoms with Gasteiger partial charge in [0.25, 0.3) is 0 Å². The van der Waals surface area contributed by atoms with Gasteiger partial charge >= 0.3 is 0 Å². The van der Waals surface area contributed by atoms with Gasteiger partial charge in [-0.15, -0.1) is 0 Å². The SMILES string of the molecule is C=C(CN(C)C)NCC(C)CC(C)C.CC.CC. The summed E-state index contributed by atoms with van der Waals surface area (Å²) < 4.78 is 0. The molecule has 2 nitrogen and oxygen atoms in total. The van der Waals surface area contributed by atoms with Crippen molar-refractivity contribution in [1.29, 1.82) is 0 Å². The van der Waals surface area contributed by atoms with E-state index in [4.69, 9.17) is 0 Å². The van der Waals surface area contributed by atoms with Gasteiger partial charge < -0.3 is 10.2 Å². The van der Waals surface area contributed by atoms with E-state index in [1.54, 1.807) is 0 Å². The van der Waals surface area contributed by atoms with Gasteiger partial charge in [-0.25, -0.2) is 0 Å². The lowest BCUT2D eigenvalue weighted by molar-refractivity contribution is 0.402. The van der Waals surface area contributed by atoms with E-state index in [-0.39, 0.29) is 0 Å². The molecule has 0 aliphatic carbocycles. The molecule has 1 N–H and O–H groups in total. The molecule has 1 unspecified atom stereocenters. The van der Waals surface area contributed by atoms with E-state index in [0.29, 0.717) is 0 Å². The van der Waals surface area contributed by atoms with Crippen molar-refractivity contribution in [2.45, 2.75) is 54.9 Å². The predicted octanol–water partition coefficient (Wildman–Crippen LogP) is 4.39. The van der Waals surface area contributed by atoms with Gasteiger partial charge in [-0.2, -0.15) is 0 Å². The van der Waals surface area contributed by atoms with E-state index in [1.807, 2.05) is 27.7 Å². The third-order valence-corrected chi connectivity index (χ3v) is 2.08. The van der Waals surface area contributed by atoms with Crippen molar-refractivity contribution >= 4 is 0 Å². The van der Waals surface area contributed by atoms with Crippen LogP contribution >= 0.6 is 0 Å². The molecule has 0 saturated carbocycles. The summed E-state index contributed by atoms with van der Waals surface area (Å²) in [4.78, 5) is 2.13. The number of hydrogen-bond donors (Lipinski definition) is 1. The molecule has 0 saturated heterocycles. The maximum atomic E-state index is 3.99. The van der Waals surface area contributed by atoms with Gasteiger partial charge in [0.2, 0.25) is 0 Å². The fraction of sp³-hybridized carbons (Fsp3) is 0.875. The van der Waals surface area contributed by atoms with Gasteiger partial charge in [0, 0.05) is 18.8 Å². The quantitative estimate of drug-likeness (QED) is 0.729. The van der Waals surface area contributed by atoms with Crippen LogP contribution in [0.3, 0.4) is 0 Å². The van der Waals surface area contributed by atoms with Crippen molar-refractivity contribution in [2.24, 2.45) is 11.8 Å². The average Bonchev–Trinajstić information content (AvgIpc) is 2.30. The van der Waals surface area contributed by atoms with E-state index in [2.05, 4.69) is 51.7 Å². The van der Waals surface area contributed by atoms with Crippen LogP contribution in [0.5, 0.6) is 0 Å². The summed E-state index contributed by atoms with van der Waals surface area (Å²) in [6.07, 6.45) is 1.28. The number of hydrogen-bond acceptors (Lipinski definition) is 2. The van der Waals surface area contributed by atoms with Crippen molar-refractivity contribution in [3.63, 3.8) is 0 Å². The van der Waals surface area contributed by atoms with Gasteiger partial charge in [0.1, 0.15) is 0 Å². The van der Waals surface area contributed by atoms with Crippen LogP contribution in [0.2, 0.25) is 0 Å². The first kappa shape index (κ1) is 22.7. The molecular weight excluding hydrogens is 220 g/mol. The molecule has 0 rings (SSSR count). The zero-order chi connectivity index (χ0) is 15.1. The molecular formula is C16H38N2. The highest BCUT2D eigenvalue weighted by Crippen LogP contribution is 2.09. The molecule has 0 aromatic heterocycles. The molecule has 0 spiro atoms. The first-order chi connectivity index (χ1) is 8.41. The maximum Gasteiger partial charge on any atom is 0.0369 e. The first-order valence-electron chi connectivity index (χ1n) is 7.48. The third-order valence-electron chi connectivity index (χ3n) is 2.08. The van der Waals surface area contributed by atoms with E-state index in [1.165, 1.54) is 6.42 Å². The second-order valence-electron chi connectivity index (χ2n) is 4.96. The Labute approximate surface area is 117 Å². The summed E-state index contributed by atoms with van der Waals surface area (Å²) in [5.41, 5.74) is 1.12. The average molecular weight is 258 g/mol. The van der Waals surface area contributed by atoms with Crippen molar-refractivity contribution < 1.29 is 0 Å². The molecule has 0 aliphatic rings. The molecule has 2 heteroatoms. The highest BCUT2D eigenvalue weighted by molar-refractivity contribution is 4.93. The van der Waals surface area contributed by atoms with Crippen LogP contribution in [0.1, 0.15) is 54.9 Å². The Balaban J connectivity index is -0.000000506. The van der Waals surface area contributed by atoms with Crippen molar-refractivity contribution in [2.75, 3.05) is 27.2 Å². The second-order valence-corrected chi connectivity index (χ2v) is 4.96. The predicted molar refractivity (Wildman–Crippen MR) is 87.0 cm³/mol. The molecule has 0 radical (unpaired) electrons. The van der Waals surface area contributed by atoms with Gasteiger partial charge in [-0.05, 0) is 32.4 Å². The van der Waals surface area contributed by atoms with E-state index in [0.717, 1.165) is 30.6 Å². The molecule has 0 aromatic rings. The molecule has 18 heavy (non-hydrogen) atoms. The van der Waals surface area contributed by atoms with Crippen LogP contribution in [-0.4, -0.2) is 32.1 Å². The van der Waals surface area contributed by atoms with Crippen molar-refractivity contribution in [3.05, 3.63) is 12.3 Å². The van der Waals surface area contributed by atoms with Crippen LogP contribution in [0.4, 0.5) is 0 Å². The number of likely N-dealkylation sites (N-methyl/N-ethyl adjacent to an activating group) is 1. The topological polar surface area (TPSA) is 15.3 Å². The Kier molecular flexibility index (Phi) is 20.8. The summed E-state index contributed by atoms with van der Waals surface area (Å²) in [6.45, 7) is 20.8. The minimum absolute atomic E-state index is 0.730. The molecule has 0 bridgehead atoms. The first-order valence-corrected chi connectivity index (χ1v) is 7.48. The Hall–Kier alpha value is -0.500. The number of rotatable bonds is 7. The zero-order valence-electron chi connectivity index (χ0n) is 14.4. The van der Waals surface area contributed by atoms with Gasteiger partial charge in [0.15, 0.2) is 0 Å². The highest BCUT2D eigenvalue weighted by atomic mass is 15.1. The van der Waals surface area contributed by atoms with E-state index in [9.17, 15) is 0 Å². The molecule has 0 heterocycles. The molecule has 0 fully saturated rings.